The maximum Gasteiger partial charge on any atom is 0.348 e. The van der Waals surface area contributed by atoms with Crippen LogP contribution in [0.3, 0.4) is 0 Å². The number of nitrogens with zero attached hydrogens (tertiary/aromatic N) is 1. The molecule has 1 rings (SSSR count). The predicted molar refractivity (Wildman–Crippen MR) is 67.9 cm³/mol. The molecule has 0 bridgehead atoms. The van der Waals surface area contributed by atoms with E-state index in [4.69, 9.17) is 9.47 Å². The average molecular weight is 265 g/mol. The molecule has 0 amide bonds. The van der Waals surface area contributed by atoms with Gasteiger partial charge in [0.15, 0.2) is 0 Å². The molecule has 104 valence electrons. The van der Waals surface area contributed by atoms with Crippen molar-refractivity contribution >= 4 is 11.9 Å². The smallest absolute Gasteiger partial charge is 0.348 e. The van der Waals surface area contributed by atoms with Crippen LogP contribution in [-0.4, -0.2) is 25.7 Å². The molecule has 0 heterocycles. The van der Waals surface area contributed by atoms with E-state index in [1.807, 2.05) is 6.07 Å². The summed E-state index contributed by atoms with van der Waals surface area (Å²) in [5.74, 6) is -1.52. The third-order valence-electron chi connectivity index (χ3n) is 3.26. The standard InChI is InChI=1S/C14H19NO4/c1-3-19-14(17)12(9-15)10-7-5-4-6-8-11(10)13(16)18-2/h11H,3-8H2,1-2H3. The van der Waals surface area contributed by atoms with Gasteiger partial charge in [-0.3, -0.25) is 4.79 Å². The fourth-order valence-electron chi connectivity index (χ4n) is 2.34. The third kappa shape index (κ3) is 3.82. The molecular weight excluding hydrogens is 246 g/mol. The Morgan fingerprint density at radius 3 is 2.68 bits per heavy atom. The van der Waals surface area contributed by atoms with Gasteiger partial charge in [-0.2, -0.15) is 5.26 Å². The maximum atomic E-state index is 11.8. The van der Waals surface area contributed by atoms with E-state index >= 15 is 0 Å². The van der Waals surface area contributed by atoms with Crippen LogP contribution in [0.4, 0.5) is 0 Å². The van der Waals surface area contributed by atoms with E-state index in [1.165, 1.54) is 7.11 Å². The minimum absolute atomic E-state index is 0.0286. The summed E-state index contributed by atoms with van der Waals surface area (Å²) >= 11 is 0. The van der Waals surface area contributed by atoms with Gasteiger partial charge in [-0.25, -0.2) is 4.79 Å². The molecule has 1 atom stereocenters. The second kappa shape index (κ2) is 7.57. The molecule has 0 radical (unpaired) electrons. The Balaban J connectivity index is 3.15. The largest absolute Gasteiger partial charge is 0.469 e. The van der Waals surface area contributed by atoms with Crippen molar-refractivity contribution < 1.29 is 19.1 Å². The van der Waals surface area contributed by atoms with Gasteiger partial charge in [0.05, 0.1) is 19.6 Å². The summed E-state index contributed by atoms with van der Waals surface area (Å²) < 4.78 is 9.65. The minimum Gasteiger partial charge on any atom is -0.469 e. The van der Waals surface area contributed by atoms with Gasteiger partial charge in [0.1, 0.15) is 11.6 Å². The highest BCUT2D eigenvalue weighted by molar-refractivity contribution is 5.95. The number of nitriles is 1. The predicted octanol–water partition coefficient (Wildman–Crippen LogP) is 2.12. The Morgan fingerprint density at radius 1 is 1.37 bits per heavy atom. The van der Waals surface area contributed by atoms with E-state index in [2.05, 4.69) is 0 Å². The number of carbonyl (C=O) groups is 2. The highest BCUT2D eigenvalue weighted by Crippen LogP contribution is 2.31. The van der Waals surface area contributed by atoms with Crippen molar-refractivity contribution in [3.05, 3.63) is 11.1 Å². The van der Waals surface area contributed by atoms with Gasteiger partial charge in [-0.05, 0) is 31.8 Å². The Morgan fingerprint density at radius 2 is 2.11 bits per heavy atom. The SMILES string of the molecule is CCOC(=O)C(C#N)=C1CCCCCC1C(=O)OC. The molecule has 19 heavy (non-hydrogen) atoms. The van der Waals surface area contributed by atoms with Crippen LogP contribution in [0.5, 0.6) is 0 Å². The number of hydrogen-bond acceptors (Lipinski definition) is 5. The van der Waals surface area contributed by atoms with Gasteiger partial charge < -0.3 is 9.47 Å². The molecule has 0 aromatic rings. The van der Waals surface area contributed by atoms with Gasteiger partial charge in [-0.1, -0.05) is 12.8 Å². The van der Waals surface area contributed by atoms with E-state index in [0.717, 1.165) is 19.3 Å². The topological polar surface area (TPSA) is 76.4 Å². The lowest BCUT2D eigenvalue weighted by Gasteiger charge is -2.16. The van der Waals surface area contributed by atoms with Crippen molar-refractivity contribution in [1.29, 1.82) is 5.26 Å². The summed E-state index contributed by atoms with van der Waals surface area (Å²) in [4.78, 5) is 23.6. The normalized spacial score (nSPS) is 21.8. The summed E-state index contributed by atoms with van der Waals surface area (Å²) in [6.07, 6.45) is 3.94. The molecule has 0 aromatic heterocycles. The third-order valence-corrected chi connectivity index (χ3v) is 3.26. The number of ether oxygens (including phenoxy) is 2. The molecule has 0 aromatic carbocycles. The van der Waals surface area contributed by atoms with Crippen LogP contribution >= 0.6 is 0 Å². The van der Waals surface area contributed by atoms with Crippen molar-refractivity contribution in [1.82, 2.24) is 0 Å². The molecule has 0 spiro atoms. The molecule has 5 nitrogen and oxygen atoms in total. The second-order valence-electron chi connectivity index (χ2n) is 4.41. The van der Waals surface area contributed by atoms with Crippen LogP contribution in [0.25, 0.3) is 0 Å². The molecule has 1 saturated carbocycles. The highest BCUT2D eigenvalue weighted by Gasteiger charge is 2.30. The summed E-state index contributed by atoms with van der Waals surface area (Å²) in [6.45, 7) is 1.89. The fraction of sp³-hybridized carbons (Fsp3) is 0.643. The minimum atomic E-state index is -0.643. The van der Waals surface area contributed by atoms with Gasteiger partial charge in [0, 0.05) is 0 Å². The second-order valence-corrected chi connectivity index (χ2v) is 4.41. The molecular formula is C14H19NO4. The Labute approximate surface area is 113 Å². The Bertz CT molecular complexity index is 420. The quantitative estimate of drug-likeness (QED) is 0.338. The average Bonchev–Trinajstić information content (AvgIpc) is 2.65. The van der Waals surface area contributed by atoms with Crippen LogP contribution in [0.15, 0.2) is 11.1 Å². The summed E-state index contributed by atoms with van der Waals surface area (Å²) in [5.41, 5.74) is 0.546. The van der Waals surface area contributed by atoms with Crippen molar-refractivity contribution in [3.8, 4) is 6.07 Å². The number of esters is 2. The van der Waals surface area contributed by atoms with E-state index in [-0.39, 0.29) is 18.1 Å². The van der Waals surface area contributed by atoms with Crippen LogP contribution in [0.1, 0.15) is 39.0 Å². The van der Waals surface area contributed by atoms with Gasteiger partial charge in [-0.15, -0.1) is 0 Å². The van der Waals surface area contributed by atoms with Crippen LogP contribution in [0, 0.1) is 17.2 Å². The van der Waals surface area contributed by atoms with Crippen molar-refractivity contribution in [3.63, 3.8) is 0 Å². The molecule has 1 aliphatic carbocycles. The number of carbonyl (C=O) groups excluding carboxylic acids is 2. The number of rotatable bonds is 3. The summed E-state index contributed by atoms with van der Waals surface area (Å²) in [7, 11) is 1.32. The fourth-order valence-corrected chi connectivity index (χ4v) is 2.34. The zero-order valence-electron chi connectivity index (χ0n) is 11.4. The first kappa shape index (κ1) is 15.2. The Hall–Kier alpha value is -1.83. The van der Waals surface area contributed by atoms with Crippen molar-refractivity contribution in [2.75, 3.05) is 13.7 Å². The molecule has 0 saturated heterocycles. The van der Waals surface area contributed by atoms with Gasteiger partial charge >= 0.3 is 11.9 Å². The number of methoxy groups -OCH3 is 1. The molecule has 1 fully saturated rings. The van der Waals surface area contributed by atoms with Crippen LogP contribution in [-0.2, 0) is 19.1 Å². The first-order chi connectivity index (χ1) is 9.15. The van der Waals surface area contributed by atoms with Crippen LogP contribution < -0.4 is 0 Å². The first-order valence-corrected chi connectivity index (χ1v) is 6.53. The van der Waals surface area contributed by atoms with E-state index in [0.29, 0.717) is 18.4 Å². The van der Waals surface area contributed by atoms with Crippen molar-refractivity contribution in [2.45, 2.75) is 39.0 Å². The van der Waals surface area contributed by atoms with Crippen molar-refractivity contribution in [2.24, 2.45) is 5.92 Å². The number of hydrogen-bond donors (Lipinski definition) is 0. The lowest BCUT2D eigenvalue weighted by Crippen LogP contribution is -2.21. The van der Waals surface area contributed by atoms with E-state index < -0.39 is 11.9 Å². The zero-order valence-corrected chi connectivity index (χ0v) is 11.4. The summed E-state index contributed by atoms with van der Waals surface area (Å²) in [6, 6.07) is 1.89. The first-order valence-electron chi connectivity index (χ1n) is 6.53. The summed E-state index contributed by atoms with van der Waals surface area (Å²) in [5, 5.41) is 9.18. The lowest BCUT2D eigenvalue weighted by atomic mass is 9.90. The van der Waals surface area contributed by atoms with Crippen LogP contribution in [0.2, 0.25) is 0 Å². The van der Waals surface area contributed by atoms with E-state index in [9.17, 15) is 14.9 Å². The van der Waals surface area contributed by atoms with Gasteiger partial charge in [0.2, 0.25) is 0 Å². The molecule has 0 N–H and O–H groups in total. The maximum absolute atomic E-state index is 11.8. The monoisotopic (exact) mass is 265 g/mol. The molecule has 0 aliphatic heterocycles. The van der Waals surface area contributed by atoms with E-state index in [1.54, 1.807) is 6.92 Å². The van der Waals surface area contributed by atoms with Gasteiger partial charge in [0.25, 0.3) is 0 Å². The molecule has 1 aliphatic rings. The molecule has 1 unspecified atom stereocenters. The highest BCUT2D eigenvalue weighted by atomic mass is 16.5. The zero-order chi connectivity index (χ0) is 14.3. The Kier molecular flexibility index (Phi) is 6.07. The lowest BCUT2D eigenvalue weighted by molar-refractivity contribution is -0.144. The molecule has 5 heteroatoms.